The molecular weight excluding hydrogens is 280 g/mol. The van der Waals surface area contributed by atoms with Gasteiger partial charge in [0.2, 0.25) is 0 Å². The first-order valence-electron chi connectivity index (χ1n) is 6.10. The Hall–Kier alpha value is -1.60. The number of hydrogen-bond acceptors (Lipinski definition) is 6. The highest BCUT2D eigenvalue weighted by atomic mass is 32.2. The monoisotopic (exact) mass is 298 g/mol. The number of aliphatic hydroxyl groups is 1. The molecule has 1 aromatic carbocycles. The van der Waals surface area contributed by atoms with Crippen LogP contribution >= 0.6 is 11.8 Å². The summed E-state index contributed by atoms with van der Waals surface area (Å²) in [6.45, 7) is 3.24. The van der Waals surface area contributed by atoms with E-state index in [1.807, 2.05) is 13.2 Å². The van der Waals surface area contributed by atoms with Gasteiger partial charge in [-0.2, -0.15) is 11.8 Å². The Morgan fingerprint density at radius 1 is 1.55 bits per heavy atom. The average molecular weight is 298 g/mol. The smallest absolute Gasteiger partial charge is 0.280 e. The first-order chi connectivity index (χ1) is 9.40. The van der Waals surface area contributed by atoms with Crippen LogP contribution in [-0.2, 0) is 0 Å². The summed E-state index contributed by atoms with van der Waals surface area (Å²) in [5, 5.41) is 23.2. The maximum Gasteiger partial charge on any atom is 0.280 e. The van der Waals surface area contributed by atoms with Crippen LogP contribution in [0.15, 0.2) is 18.2 Å². The van der Waals surface area contributed by atoms with E-state index in [4.69, 9.17) is 0 Å². The lowest BCUT2D eigenvalue weighted by Gasteiger charge is -2.22. The van der Waals surface area contributed by atoms with Crippen LogP contribution in [0.4, 0.5) is 11.4 Å². The number of ketones is 1. The molecule has 110 valence electrons. The highest BCUT2D eigenvalue weighted by Crippen LogP contribution is 2.24. The van der Waals surface area contributed by atoms with Gasteiger partial charge in [0.05, 0.1) is 17.1 Å². The first-order valence-corrected chi connectivity index (χ1v) is 7.39. The zero-order valence-electron chi connectivity index (χ0n) is 11.6. The van der Waals surface area contributed by atoms with Crippen molar-refractivity contribution in [2.24, 2.45) is 0 Å². The summed E-state index contributed by atoms with van der Waals surface area (Å²) >= 11 is 1.53. The quantitative estimate of drug-likeness (QED) is 0.456. The number of anilines is 1. The lowest BCUT2D eigenvalue weighted by molar-refractivity contribution is -0.385. The van der Waals surface area contributed by atoms with Gasteiger partial charge in [0, 0.05) is 23.0 Å². The lowest BCUT2D eigenvalue weighted by Crippen LogP contribution is -2.31. The van der Waals surface area contributed by atoms with Crippen LogP contribution in [0.1, 0.15) is 24.2 Å². The second-order valence-corrected chi connectivity index (χ2v) is 5.51. The predicted octanol–water partition coefficient (Wildman–Crippen LogP) is 2.32. The molecule has 7 heteroatoms. The Labute approximate surface area is 121 Å². The van der Waals surface area contributed by atoms with E-state index in [1.165, 1.54) is 30.8 Å². The molecule has 0 radical (unpaired) electrons. The molecular formula is C13H18N2O4S. The number of carbonyl (C=O) groups excluding carboxylic acids is 1. The van der Waals surface area contributed by atoms with Crippen molar-refractivity contribution < 1.29 is 14.8 Å². The topological polar surface area (TPSA) is 92.5 Å². The van der Waals surface area contributed by atoms with Crippen molar-refractivity contribution in [1.82, 2.24) is 0 Å². The highest BCUT2D eigenvalue weighted by Gasteiger charge is 2.20. The summed E-state index contributed by atoms with van der Waals surface area (Å²) in [5.74, 6) is -0.350. The van der Waals surface area contributed by atoms with Crippen molar-refractivity contribution in [2.45, 2.75) is 25.1 Å². The van der Waals surface area contributed by atoms with E-state index in [-0.39, 0.29) is 34.9 Å². The summed E-state index contributed by atoms with van der Waals surface area (Å²) in [4.78, 5) is 21.8. The fraction of sp³-hybridized carbons (Fsp3) is 0.462. The molecule has 0 aliphatic rings. The van der Waals surface area contributed by atoms with E-state index in [0.717, 1.165) is 0 Å². The van der Waals surface area contributed by atoms with Gasteiger partial charge in [-0.25, -0.2) is 0 Å². The van der Waals surface area contributed by atoms with Crippen LogP contribution in [0.25, 0.3) is 0 Å². The summed E-state index contributed by atoms with van der Waals surface area (Å²) in [7, 11) is 0. The van der Waals surface area contributed by atoms with Crippen LogP contribution in [0.3, 0.4) is 0 Å². The molecule has 1 aromatic rings. The number of aliphatic hydroxyl groups excluding tert-OH is 1. The van der Waals surface area contributed by atoms with Gasteiger partial charge in [-0.15, -0.1) is 0 Å². The summed E-state index contributed by atoms with van der Waals surface area (Å²) in [6, 6.07) is 4.33. The molecule has 0 aliphatic heterocycles. The Balaban J connectivity index is 3.01. The molecule has 0 saturated carbocycles. The van der Waals surface area contributed by atoms with E-state index in [2.05, 4.69) is 5.32 Å². The number of thioether (sulfide) groups is 1. The molecule has 0 aliphatic carbocycles. The third kappa shape index (κ3) is 3.94. The fourth-order valence-corrected chi connectivity index (χ4v) is 2.48. The van der Waals surface area contributed by atoms with Gasteiger partial charge in [-0.1, -0.05) is 0 Å². The molecule has 0 amide bonds. The van der Waals surface area contributed by atoms with Crippen molar-refractivity contribution in [3.63, 3.8) is 0 Å². The van der Waals surface area contributed by atoms with Crippen molar-refractivity contribution in [1.29, 1.82) is 0 Å². The van der Waals surface area contributed by atoms with Gasteiger partial charge in [0.25, 0.3) is 5.69 Å². The molecule has 0 bridgehead atoms. The van der Waals surface area contributed by atoms with Crippen molar-refractivity contribution in [3.8, 4) is 0 Å². The second-order valence-electron chi connectivity index (χ2n) is 4.43. The first kappa shape index (κ1) is 16.5. The maximum atomic E-state index is 11.5. The van der Waals surface area contributed by atoms with E-state index < -0.39 is 4.92 Å². The van der Waals surface area contributed by atoms with E-state index in [9.17, 15) is 20.0 Å². The Morgan fingerprint density at radius 3 is 2.65 bits per heavy atom. The second kappa shape index (κ2) is 7.25. The number of nitrogens with one attached hydrogen (secondary N) is 1. The highest BCUT2D eigenvalue weighted by molar-refractivity contribution is 7.99. The normalized spacial score (nSPS) is 13.6. The molecule has 0 fully saturated rings. The van der Waals surface area contributed by atoms with Crippen molar-refractivity contribution in [3.05, 3.63) is 33.9 Å². The molecule has 6 nitrogen and oxygen atoms in total. The van der Waals surface area contributed by atoms with Gasteiger partial charge in [0.15, 0.2) is 5.78 Å². The number of nitro benzene ring substituents is 1. The number of Topliss-reactive ketones (excluding diaryl/α,β-unsaturated/α-hetero) is 1. The molecule has 0 heterocycles. The van der Waals surface area contributed by atoms with Gasteiger partial charge in [-0.3, -0.25) is 14.9 Å². The zero-order valence-corrected chi connectivity index (χ0v) is 12.4. The van der Waals surface area contributed by atoms with Crippen LogP contribution in [0, 0.1) is 10.1 Å². The SMILES string of the molecule is CS[C@@H](CO)[C@H](C)Nc1ccc([N+](=O)[O-])c(C(C)=O)c1. The van der Waals surface area contributed by atoms with Crippen LogP contribution in [-0.4, -0.2) is 40.0 Å². The van der Waals surface area contributed by atoms with Crippen molar-refractivity contribution >= 4 is 28.9 Å². The zero-order chi connectivity index (χ0) is 15.3. The fourth-order valence-electron chi connectivity index (χ4n) is 1.86. The van der Waals surface area contributed by atoms with E-state index in [1.54, 1.807) is 6.07 Å². The van der Waals surface area contributed by atoms with Crippen molar-refractivity contribution in [2.75, 3.05) is 18.2 Å². The molecule has 20 heavy (non-hydrogen) atoms. The number of rotatable bonds is 7. The Kier molecular flexibility index (Phi) is 5.97. The molecule has 0 spiro atoms. The standard InChI is InChI=1S/C13H18N2O4S/c1-8(13(7-16)20-3)14-10-4-5-12(15(18)19)11(6-10)9(2)17/h4-6,8,13-14,16H,7H2,1-3H3/t8-,13-/m0/s1. The number of nitrogens with zero attached hydrogens (tertiary/aromatic N) is 1. The molecule has 2 atom stereocenters. The molecule has 0 saturated heterocycles. The number of carbonyl (C=O) groups is 1. The third-order valence-electron chi connectivity index (χ3n) is 3.01. The Morgan fingerprint density at radius 2 is 2.20 bits per heavy atom. The number of hydrogen-bond donors (Lipinski definition) is 2. The van der Waals surface area contributed by atoms with Crippen LogP contribution in [0.5, 0.6) is 0 Å². The summed E-state index contributed by atoms with van der Waals surface area (Å²) in [6.07, 6.45) is 1.90. The summed E-state index contributed by atoms with van der Waals surface area (Å²) in [5.41, 5.74) is 0.511. The van der Waals surface area contributed by atoms with Crippen LogP contribution < -0.4 is 5.32 Å². The number of benzene rings is 1. The molecule has 1 rings (SSSR count). The largest absolute Gasteiger partial charge is 0.395 e. The predicted molar refractivity (Wildman–Crippen MR) is 80.6 cm³/mol. The van der Waals surface area contributed by atoms with Crippen LogP contribution in [0.2, 0.25) is 0 Å². The summed E-state index contributed by atoms with van der Waals surface area (Å²) < 4.78 is 0. The van der Waals surface area contributed by atoms with Gasteiger partial charge in [-0.05, 0) is 32.2 Å². The minimum atomic E-state index is -0.567. The lowest BCUT2D eigenvalue weighted by atomic mass is 10.1. The van der Waals surface area contributed by atoms with Gasteiger partial charge in [0.1, 0.15) is 0 Å². The third-order valence-corrected chi connectivity index (χ3v) is 4.17. The molecule has 2 N–H and O–H groups in total. The number of nitro groups is 1. The van der Waals surface area contributed by atoms with Gasteiger partial charge < -0.3 is 10.4 Å². The molecule has 0 aromatic heterocycles. The molecule has 0 unspecified atom stereocenters. The minimum absolute atomic E-state index is 0.00553. The average Bonchev–Trinajstić information content (AvgIpc) is 2.39. The van der Waals surface area contributed by atoms with E-state index >= 15 is 0 Å². The maximum absolute atomic E-state index is 11.5. The minimum Gasteiger partial charge on any atom is -0.395 e. The van der Waals surface area contributed by atoms with E-state index in [0.29, 0.717) is 5.69 Å². The Bertz CT molecular complexity index is 503. The van der Waals surface area contributed by atoms with Gasteiger partial charge >= 0.3 is 0 Å².